The molecule has 1 aromatic rings. The van der Waals surface area contributed by atoms with Gasteiger partial charge in [0, 0.05) is 37.6 Å². The van der Waals surface area contributed by atoms with Gasteiger partial charge in [-0.15, -0.1) is 0 Å². The Bertz CT molecular complexity index is 299. The minimum atomic E-state index is 0.354. The van der Waals surface area contributed by atoms with E-state index in [0.29, 0.717) is 18.2 Å². The van der Waals surface area contributed by atoms with E-state index in [4.69, 9.17) is 4.74 Å². The first kappa shape index (κ1) is 11.6. The summed E-state index contributed by atoms with van der Waals surface area (Å²) in [6.45, 7) is 6.24. The lowest BCUT2D eigenvalue weighted by atomic mass is 10.1. The largest absolute Gasteiger partial charge is 0.377 e. The topological polar surface area (TPSA) is 39.1 Å². The summed E-state index contributed by atoms with van der Waals surface area (Å²) >= 11 is 0. The quantitative estimate of drug-likeness (QED) is 0.820. The maximum Gasteiger partial charge on any atom is 0.0700 e. The lowest BCUT2D eigenvalue weighted by Gasteiger charge is -2.21. The molecule has 0 saturated carbocycles. The molecule has 1 aliphatic rings. The van der Waals surface area contributed by atoms with Crippen LogP contribution in [0.1, 0.15) is 26.7 Å². The van der Waals surface area contributed by atoms with E-state index in [1.165, 1.54) is 0 Å². The molecule has 1 aromatic heterocycles. The van der Waals surface area contributed by atoms with Crippen LogP contribution in [0.2, 0.25) is 0 Å². The molecular weight excluding hydrogens is 202 g/mol. The first-order chi connectivity index (χ1) is 7.75. The third-order valence-corrected chi connectivity index (χ3v) is 3.23. The van der Waals surface area contributed by atoms with Gasteiger partial charge in [-0.1, -0.05) is 0 Å². The van der Waals surface area contributed by atoms with Gasteiger partial charge in [0.2, 0.25) is 0 Å². The summed E-state index contributed by atoms with van der Waals surface area (Å²) in [5.41, 5.74) is 0. The standard InChI is InChI=1S/C12H21N3O/c1-10(4-8-15-7-3-6-13-15)14-12-5-9-16-11(12)2/h3,6-7,10-12,14H,4-5,8-9H2,1-2H3/t10-,11-,12+/m1/s1. The monoisotopic (exact) mass is 223 g/mol. The molecule has 1 N–H and O–H groups in total. The molecule has 4 nitrogen and oxygen atoms in total. The Morgan fingerprint density at radius 3 is 3.12 bits per heavy atom. The summed E-state index contributed by atoms with van der Waals surface area (Å²) in [4.78, 5) is 0. The molecule has 0 spiro atoms. The van der Waals surface area contributed by atoms with Crippen LogP contribution < -0.4 is 5.32 Å². The summed E-state index contributed by atoms with van der Waals surface area (Å²) in [7, 11) is 0. The van der Waals surface area contributed by atoms with E-state index < -0.39 is 0 Å². The number of aryl methyl sites for hydroxylation is 1. The fourth-order valence-corrected chi connectivity index (χ4v) is 2.16. The Hall–Kier alpha value is -0.870. The molecule has 1 aliphatic heterocycles. The normalized spacial score (nSPS) is 27.1. The average molecular weight is 223 g/mol. The van der Waals surface area contributed by atoms with Crippen molar-refractivity contribution in [3.05, 3.63) is 18.5 Å². The molecule has 2 heterocycles. The van der Waals surface area contributed by atoms with Gasteiger partial charge in [0.1, 0.15) is 0 Å². The van der Waals surface area contributed by atoms with E-state index >= 15 is 0 Å². The van der Waals surface area contributed by atoms with Crippen LogP contribution in [0.4, 0.5) is 0 Å². The van der Waals surface area contributed by atoms with Gasteiger partial charge in [-0.2, -0.15) is 5.10 Å². The van der Waals surface area contributed by atoms with E-state index in [1.54, 1.807) is 0 Å². The fourth-order valence-electron chi connectivity index (χ4n) is 2.16. The summed E-state index contributed by atoms with van der Waals surface area (Å²) in [5, 5.41) is 7.82. The van der Waals surface area contributed by atoms with Crippen LogP contribution in [0.5, 0.6) is 0 Å². The number of nitrogens with zero attached hydrogens (tertiary/aromatic N) is 2. The van der Waals surface area contributed by atoms with Gasteiger partial charge in [-0.05, 0) is 32.8 Å². The Morgan fingerprint density at radius 1 is 1.62 bits per heavy atom. The van der Waals surface area contributed by atoms with E-state index in [0.717, 1.165) is 26.0 Å². The summed E-state index contributed by atoms with van der Waals surface area (Å²) in [6, 6.07) is 3.00. The van der Waals surface area contributed by atoms with Crippen LogP contribution >= 0.6 is 0 Å². The molecule has 1 saturated heterocycles. The van der Waals surface area contributed by atoms with Gasteiger partial charge >= 0.3 is 0 Å². The molecule has 0 unspecified atom stereocenters. The van der Waals surface area contributed by atoms with Crippen molar-refractivity contribution < 1.29 is 4.74 Å². The molecule has 1 fully saturated rings. The number of hydrogen-bond acceptors (Lipinski definition) is 3. The number of nitrogens with one attached hydrogen (secondary N) is 1. The molecule has 0 aromatic carbocycles. The molecule has 0 bridgehead atoms. The van der Waals surface area contributed by atoms with Crippen molar-refractivity contribution in [2.45, 2.75) is 51.4 Å². The Labute approximate surface area is 97.0 Å². The number of aromatic nitrogens is 2. The lowest BCUT2D eigenvalue weighted by molar-refractivity contribution is 0.111. The van der Waals surface area contributed by atoms with Gasteiger partial charge < -0.3 is 10.1 Å². The van der Waals surface area contributed by atoms with Gasteiger partial charge in [-0.3, -0.25) is 4.68 Å². The molecule has 0 amide bonds. The van der Waals surface area contributed by atoms with Crippen LogP contribution in [0.15, 0.2) is 18.5 Å². The molecule has 2 rings (SSSR count). The van der Waals surface area contributed by atoms with E-state index in [-0.39, 0.29) is 0 Å². The van der Waals surface area contributed by atoms with Crippen molar-refractivity contribution >= 4 is 0 Å². The van der Waals surface area contributed by atoms with E-state index in [9.17, 15) is 0 Å². The zero-order valence-electron chi connectivity index (χ0n) is 10.1. The van der Waals surface area contributed by atoms with E-state index in [2.05, 4.69) is 24.3 Å². The average Bonchev–Trinajstić information content (AvgIpc) is 2.88. The Balaban J connectivity index is 1.70. The van der Waals surface area contributed by atoms with Crippen molar-refractivity contribution in [3.63, 3.8) is 0 Å². The van der Waals surface area contributed by atoms with Crippen molar-refractivity contribution in [1.82, 2.24) is 15.1 Å². The van der Waals surface area contributed by atoms with Crippen molar-refractivity contribution in [2.75, 3.05) is 6.61 Å². The third kappa shape index (κ3) is 3.06. The summed E-state index contributed by atoms with van der Waals surface area (Å²) in [5.74, 6) is 0. The van der Waals surface area contributed by atoms with Gasteiger partial charge in [0.05, 0.1) is 6.10 Å². The first-order valence-electron chi connectivity index (χ1n) is 6.11. The highest BCUT2D eigenvalue weighted by Crippen LogP contribution is 2.13. The van der Waals surface area contributed by atoms with Crippen LogP contribution in [-0.2, 0) is 11.3 Å². The highest BCUT2D eigenvalue weighted by atomic mass is 16.5. The van der Waals surface area contributed by atoms with Gasteiger partial charge in [0.25, 0.3) is 0 Å². The van der Waals surface area contributed by atoms with Crippen LogP contribution in [0.3, 0.4) is 0 Å². The zero-order chi connectivity index (χ0) is 11.4. The Kier molecular flexibility index (Phi) is 3.96. The highest BCUT2D eigenvalue weighted by Gasteiger charge is 2.24. The number of ether oxygens (including phenoxy) is 1. The van der Waals surface area contributed by atoms with E-state index in [1.807, 2.05) is 23.1 Å². The number of rotatable bonds is 5. The van der Waals surface area contributed by atoms with Crippen LogP contribution in [0, 0.1) is 0 Å². The molecule has 0 aliphatic carbocycles. The molecular formula is C12H21N3O. The highest BCUT2D eigenvalue weighted by molar-refractivity contribution is 4.82. The molecule has 16 heavy (non-hydrogen) atoms. The summed E-state index contributed by atoms with van der Waals surface area (Å²) < 4.78 is 7.52. The molecule has 90 valence electrons. The van der Waals surface area contributed by atoms with Crippen molar-refractivity contribution in [1.29, 1.82) is 0 Å². The van der Waals surface area contributed by atoms with Crippen LogP contribution in [0.25, 0.3) is 0 Å². The van der Waals surface area contributed by atoms with Crippen molar-refractivity contribution in [2.24, 2.45) is 0 Å². The lowest BCUT2D eigenvalue weighted by Crippen LogP contribution is -2.41. The van der Waals surface area contributed by atoms with Crippen molar-refractivity contribution in [3.8, 4) is 0 Å². The Morgan fingerprint density at radius 2 is 2.50 bits per heavy atom. The fraction of sp³-hybridized carbons (Fsp3) is 0.750. The van der Waals surface area contributed by atoms with Gasteiger partial charge in [0.15, 0.2) is 0 Å². The molecule has 4 heteroatoms. The zero-order valence-corrected chi connectivity index (χ0v) is 10.1. The molecule has 0 radical (unpaired) electrons. The number of hydrogen-bond donors (Lipinski definition) is 1. The smallest absolute Gasteiger partial charge is 0.0700 e. The minimum Gasteiger partial charge on any atom is -0.377 e. The second kappa shape index (κ2) is 5.46. The SMILES string of the molecule is C[C@H](CCn1cccn1)N[C@H]1CCO[C@@H]1C. The first-order valence-corrected chi connectivity index (χ1v) is 6.11. The van der Waals surface area contributed by atoms with Gasteiger partial charge in [-0.25, -0.2) is 0 Å². The predicted molar refractivity (Wildman–Crippen MR) is 63.3 cm³/mol. The van der Waals surface area contributed by atoms with Crippen LogP contribution in [-0.4, -0.2) is 34.6 Å². The predicted octanol–water partition coefficient (Wildman–Crippen LogP) is 1.43. The molecule has 3 atom stereocenters. The second-order valence-electron chi connectivity index (χ2n) is 4.60. The minimum absolute atomic E-state index is 0.354. The maximum atomic E-state index is 5.54. The second-order valence-corrected chi connectivity index (χ2v) is 4.60. The summed E-state index contributed by atoms with van der Waals surface area (Å²) in [6.07, 6.45) is 6.42. The third-order valence-electron chi connectivity index (χ3n) is 3.23. The maximum absolute atomic E-state index is 5.54.